The molecule has 0 aliphatic rings. The van der Waals surface area contributed by atoms with Gasteiger partial charge in [0.25, 0.3) is 0 Å². The Hall–Kier alpha value is -2.15. The van der Waals surface area contributed by atoms with Crippen LogP contribution in [0.2, 0.25) is 0 Å². The predicted molar refractivity (Wildman–Crippen MR) is 53.6 cm³/mol. The van der Waals surface area contributed by atoms with Gasteiger partial charge in [0, 0.05) is 5.56 Å². The molecule has 1 nitrogen and oxygen atoms in total. The van der Waals surface area contributed by atoms with E-state index in [0.717, 1.165) is 0 Å². The third kappa shape index (κ3) is 3.65. The lowest BCUT2D eigenvalue weighted by Crippen LogP contribution is -2.14. The minimum absolute atomic E-state index is 0.455. The Labute approximate surface area is 104 Å². The summed E-state index contributed by atoms with van der Waals surface area (Å²) in [5.41, 5.74) is -4.08. The minimum Gasteiger partial charge on any atom is -0.197 e. The van der Waals surface area contributed by atoms with Crippen molar-refractivity contribution in [3.8, 4) is 17.9 Å². The molecule has 19 heavy (non-hydrogen) atoms. The second-order valence-corrected chi connectivity index (χ2v) is 3.36. The summed E-state index contributed by atoms with van der Waals surface area (Å²) >= 11 is 0. The molecule has 1 aromatic rings. The van der Waals surface area contributed by atoms with Crippen LogP contribution in [0.5, 0.6) is 0 Å². The number of halogens is 6. The van der Waals surface area contributed by atoms with Crippen LogP contribution < -0.4 is 0 Å². The molecule has 0 saturated heterocycles. The number of nitrogens with zero attached hydrogens (tertiary/aromatic N) is 1. The molecular formula is C12H5F6N. The molecule has 0 heterocycles. The van der Waals surface area contributed by atoms with E-state index in [1.54, 1.807) is 5.92 Å². The van der Waals surface area contributed by atoms with Crippen molar-refractivity contribution < 1.29 is 26.3 Å². The Morgan fingerprint density at radius 2 is 1.42 bits per heavy atom. The van der Waals surface area contributed by atoms with Gasteiger partial charge in [-0.05, 0) is 12.1 Å². The molecule has 0 atom stereocenters. The zero-order valence-corrected chi connectivity index (χ0v) is 9.15. The van der Waals surface area contributed by atoms with Crippen LogP contribution >= 0.6 is 0 Å². The minimum atomic E-state index is -4.95. The maximum Gasteiger partial charge on any atom is 0.417 e. The Kier molecular flexibility index (Phi) is 4.10. The summed E-state index contributed by atoms with van der Waals surface area (Å²) in [7, 11) is 0. The summed E-state index contributed by atoms with van der Waals surface area (Å²) in [6.45, 7) is 0. The molecule has 0 aliphatic carbocycles. The fraction of sp³-hybridized carbons (Fsp3) is 0.250. The van der Waals surface area contributed by atoms with Gasteiger partial charge in [0.2, 0.25) is 0 Å². The molecule has 1 aromatic carbocycles. The Balaban J connectivity index is 3.53. The van der Waals surface area contributed by atoms with E-state index in [1.165, 1.54) is 6.07 Å². The molecule has 0 fully saturated rings. The summed E-state index contributed by atoms with van der Waals surface area (Å²) in [5.74, 6) is 3.75. The van der Waals surface area contributed by atoms with Crippen molar-refractivity contribution in [2.45, 2.75) is 18.8 Å². The summed E-state index contributed by atoms with van der Waals surface area (Å²) in [6, 6.07) is 3.22. The van der Waals surface area contributed by atoms with Crippen LogP contribution in [0.15, 0.2) is 18.2 Å². The molecule has 0 N–H and O–H groups in total. The monoisotopic (exact) mass is 277 g/mol. The van der Waals surface area contributed by atoms with Crippen LogP contribution in [0, 0.1) is 23.2 Å². The van der Waals surface area contributed by atoms with Gasteiger partial charge in [-0.2, -0.15) is 31.6 Å². The van der Waals surface area contributed by atoms with Gasteiger partial charge in [-0.15, -0.1) is 0 Å². The van der Waals surface area contributed by atoms with Crippen LogP contribution in [-0.2, 0) is 12.4 Å². The number of hydrogen-bond donors (Lipinski definition) is 0. The van der Waals surface area contributed by atoms with Crippen molar-refractivity contribution in [1.29, 1.82) is 5.26 Å². The highest BCUT2D eigenvalue weighted by Gasteiger charge is 2.40. The largest absolute Gasteiger partial charge is 0.417 e. The van der Waals surface area contributed by atoms with Gasteiger partial charge in [0.15, 0.2) is 0 Å². The smallest absolute Gasteiger partial charge is 0.197 e. The van der Waals surface area contributed by atoms with Crippen LogP contribution in [0.4, 0.5) is 26.3 Å². The van der Waals surface area contributed by atoms with Gasteiger partial charge in [0.1, 0.15) is 0 Å². The van der Waals surface area contributed by atoms with Gasteiger partial charge in [-0.25, -0.2) is 0 Å². The summed E-state index contributed by atoms with van der Waals surface area (Å²) in [6.07, 6.45) is -10.3. The van der Waals surface area contributed by atoms with Gasteiger partial charge in [-0.1, -0.05) is 17.9 Å². The normalized spacial score (nSPS) is 11.4. The van der Waals surface area contributed by atoms with E-state index in [2.05, 4.69) is 0 Å². The van der Waals surface area contributed by atoms with Gasteiger partial charge >= 0.3 is 12.4 Å². The predicted octanol–water partition coefficient (Wildman–Crippen LogP) is 3.99. The van der Waals surface area contributed by atoms with Gasteiger partial charge in [-0.3, -0.25) is 0 Å². The molecule has 0 unspecified atom stereocenters. The lowest BCUT2D eigenvalue weighted by atomic mass is 10.0. The first-order valence-electron chi connectivity index (χ1n) is 4.81. The van der Waals surface area contributed by atoms with Crippen LogP contribution in [0.1, 0.15) is 23.1 Å². The number of benzene rings is 1. The van der Waals surface area contributed by atoms with Crippen molar-refractivity contribution in [2.75, 3.05) is 0 Å². The van der Waals surface area contributed by atoms with E-state index < -0.39 is 35.5 Å². The second kappa shape index (κ2) is 5.23. The zero-order valence-electron chi connectivity index (χ0n) is 9.15. The SMILES string of the molecule is N#CCC#Cc1c(C(F)(F)F)cccc1C(F)(F)F. The topological polar surface area (TPSA) is 23.8 Å². The fourth-order valence-electron chi connectivity index (χ4n) is 1.33. The second-order valence-electron chi connectivity index (χ2n) is 3.36. The number of hydrogen-bond acceptors (Lipinski definition) is 1. The number of rotatable bonds is 0. The quantitative estimate of drug-likeness (QED) is 0.519. The van der Waals surface area contributed by atoms with E-state index in [0.29, 0.717) is 18.2 Å². The van der Waals surface area contributed by atoms with Crippen molar-refractivity contribution >= 4 is 0 Å². The summed E-state index contributed by atoms with van der Waals surface area (Å²) in [4.78, 5) is 0. The maximum atomic E-state index is 12.6. The maximum absolute atomic E-state index is 12.6. The van der Waals surface area contributed by atoms with Crippen molar-refractivity contribution in [2.24, 2.45) is 0 Å². The van der Waals surface area contributed by atoms with E-state index in [9.17, 15) is 26.3 Å². The molecule has 0 radical (unpaired) electrons. The third-order valence-corrected chi connectivity index (χ3v) is 2.06. The molecule has 1 rings (SSSR count). The molecule has 0 bridgehead atoms. The van der Waals surface area contributed by atoms with Crippen LogP contribution in [0.25, 0.3) is 0 Å². The van der Waals surface area contributed by atoms with E-state index in [-0.39, 0.29) is 0 Å². The summed E-state index contributed by atoms with van der Waals surface area (Å²) in [5, 5.41) is 8.21. The van der Waals surface area contributed by atoms with Gasteiger partial charge in [0.05, 0.1) is 23.6 Å². The lowest BCUT2D eigenvalue weighted by Gasteiger charge is -2.14. The average Bonchev–Trinajstić information content (AvgIpc) is 2.26. The Bertz CT molecular complexity index is 533. The Morgan fingerprint density at radius 3 is 1.79 bits per heavy atom. The molecular weight excluding hydrogens is 272 g/mol. The molecule has 0 amide bonds. The zero-order chi connectivity index (χ0) is 14.7. The van der Waals surface area contributed by atoms with E-state index in [4.69, 9.17) is 5.26 Å². The van der Waals surface area contributed by atoms with Gasteiger partial charge < -0.3 is 0 Å². The molecule has 7 heteroatoms. The highest BCUT2D eigenvalue weighted by molar-refractivity contribution is 5.50. The van der Waals surface area contributed by atoms with Crippen LogP contribution in [0.3, 0.4) is 0 Å². The van der Waals surface area contributed by atoms with Crippen molar-refractivity contribution in [3.05, 3.63) is 34.9 Å². The van der Waals surface area contributed by atoms with Crippen molar-refractivity contribution in [3.63, 3.8) is 0 Å². The first kappa shape index (κ1) is 14.9. The first-order chi connectivity index (χ1) is 8.68. The molecule has 0 spiro atoms. The fourth-order valence-corrected chi connectivity index (χ4v) is 1.33. The first-order valence-corrected chi connectivity index (χ1v) is 4.81. The van der Waals surface area contributed by atoms with E-state index >= 15 is 0 Å². The van der Waals surface area contributed by atoms with Crippen molar-refractivity contribution in [1.82, 2.24) is 0 Å². The standard InChI is InChI=1S/C12H5F6N/c13-11(14,15)9-5-3-6-10(12(16,17)18)8(9)4-1-2-7-19/h3,5-6H,2H2. The molecule has 100 valence electrons. The molecule has 0 aromatic heterocycles. The molecule has 0 aliphatic heterocycles. The number of nitriles is 1. The summed E-state index contributed by atoms with van der Waals surface area (Å²) < 4.78 is 75.8. The third-order valence-electron chi connectivity index (χ3n) is 2.06. The van der Waals surface area contributed by atoms with Crippen LogP contribution in [-0.4, -0.2) is 0 Å². The average molecular weight is 277 g/mol. The number of alkyl halides is 6. The lowest BCUT2D eigenvalue weighted by molar-refractivity contribution is -0.143. The highest BCUT2D eigenvalue weighted by Crippen LogP contribution is 2.38. The molecule has 0 saturated carbocycles. The van der Waals surface area contributed by atoms with E-state index in [1.807, 2.05) is 5.92 Å². The highest BCUT2D eigenvalue weighted by atomic mass is 19.4. The Morgan fingerprint density at radius 1 is 0.947 bits per heavy atom.